The molecule has 1 aromatic heterocycles. The number of thioether (sulfide) groups is 1. The van der Waals surface area contributed by atoms with Crippen molar-refractivity contribution in [3.05, 3.63) is 16.4 Å². The SMILES string of the molecule is CC[C@@H](C)Sc1nc(O)cc(=O)n1C. The first-order chi connectivity index (χ1) is 6.54. The molecule has 78 valence electrons. The summed E-state index contributed by atoms with van der Waals surface area (Å²) < 4.78 is 1.44. The summed E-state index contributed by atoms with van der Waals surface area (Å²) in [5.74, 6) is -0.209. The molecule has 14 heavy (non-hydrogen) atoms. The van der Waals surface area contributed by atoms with Crippen LogP contribution in [0.2, 0.25) is 0 Å². The summed E-state index contributed by atoms with van der Waals surface area (Å²) in [6.07, 6.45) is 0.996. The van der Waals surface area contributed by atoms with Gasteiger partial charge in [0.1, 0.15) is 0 Å². The Labute approximate surface area is 87.0 Å². The van der Waals surface area contributed by atoms with E-state index < -0.39 is 0 Å². The van der Waals surface area contributed by atoms with Gasteiger partial charge in [0.15, 0.2) is 5.16 Å². The first kappa shape index (κ1) is 11.1. The molecular weight excluding hydrogens is 200 g/mol. The van der Waals surface area contributed by atoms with Crippen molar-refractivity contribution in [2.24, 2.45) is 7.05 Å². The van der Waals surface area contributed by atoms with Gasteiger partial charge in [-0.3, -0.25) is 9.36 Å². The van der Waals surface area contributed by atoms with Crippen LogP contribution >= 0.6 is 11.8 Å². The second-order valence-corrected chi connectivity index (χ2v) is 4.54. The lowest BCUT2D eigenvalue weighted by atomic mass is 10.4. The first-order valence-corrected chi connectivity index (χ1v) is 5.36. The molecule has 0 aliphatic heterocycles. The van der Waals surface area contributed by atoms with Crippen molar-refractivity contribution in [3.8, 4) is 5.88 Å². The van der Waals surface area contributed by atoms with E-state index in [0.717, 1.165) is 12.5 Å². The summed E-state index contributed by atoms with van der Waals surface area (Å²) >= 11 is 1.49. The smallest absolute Gasteiger partial charge is 0.257 e. The molecule has 0 fully saturated rings. The zero-order valence-corrected chi connectivity index (χ0v) is 9.34. The van der Waals surface area contributed by atoms with Gasteiger partial charge in [-0.25, -0.2) is 0 Å². The fraction of sp³-hybridized carbons (Fsp3) is 0.556. The summed E-state index contributed by atoms with van der Waals surface area (Å²) in [7, 11) is 1.65. The van der Waals surface area contributed by atoms with Crippen LogP contribution in [0.4, 0.5) is 0 Å². The van der Waals surface area contributed by atoms with Crippen LogP contribution in [0.1, 0.15) is 20.3 Å². The molecule has 0 aliphatic rings. The maximum absolute atomic E-state index is 11.3. The maximum Gasteiger partial charge on any atom is 0.257 e. The maximum atomic E-state index is 11.3. The van der Waals surface area contributed by atoms with Crippen molar-refractivity contribution in [1.82, 2.24) is 9.55 Å². The van der Waals surface area contributed by atoms with E-state index in [9.17, 15) is 4.79 Å². The third-order valence-electron chi connectivity index (χ3n) is 1.96. The van der Waals surface area contributed by atoms with E-state index in [4.69, 9.17) is 5.11 Å². The summed E-state index contributed by atoms with van der Waals surface area (Å²) in [4.78, 5) is 15.2. The molecule has 0 saturated heterocycles. The number of hydrogen-bond donors (Lipinski definition) is 1. The third kappa shape index (κ3) is 2.51. The minimum absolute atomic E-state index is 0.209. The van der Waals surface area contributed by atoms with E-state index in [1.54, 1.807) is 7.05 Å². The van der Waals surface area contributed by atoms with Crippen molar-refractivity contribution in [1.29, 1.82) is 0 Å². The standard InChI is InChI=1S/C9H14N2O2S/c1-4-6(2)14-9-10-7(12)5-8(13)11(9)3/h5-6,12H,4H2,1-3H3/t6-/m1/s1. The molecule has 5 heteroatoms. The second-order valence-electron chi connectivity index (χ2n) is 3.13. The molecule has 1 aromatic rings. The summed E-state index contributed by atoms with van der Waals surface area (Å²) in [6, 6.07) is 1.11. The average Bonchev–Trinajstić information content (AvgIpc) is 2.13. The molecule has 1 N–H and O–H groups in total. The normalized spacial score (nSPS) is 12.8. The highest BCUT2D eigenvalue weighted by atomic mass is 32.2. The number of hydrogen-bond acceptors (Lipinski definition) is 4. The molecule has 1 heterocycles. The average molecular weight is 214 g/mol. The Balaban J connectivity index is 3.02. The van der Waals surface area contributed by atoms with E-state index in [1.165, 1.54) is 16.3 Å². The summed E-state index contributed by atoms with van der Waals surface area (Å²) in [6.45, 7) is 4.12. The molecule has 0 bridgehead atoms. The lowest BCUT2D eigenvalue weighted by Crippen LogP contribution is -2.18. The molecule has 1 atom stereocenters. The van der Waals surface area contributed by atoms with Gasteiger partial charge >= 0.3 is 0 Å². The molecule has 0 spiro atoms. The van der Waals surface area contributed by atoms with Crippen LogP contribution in [0.25, 0.3) is 0 Å². The molecule has 0 aliphatic carbocycles. The Morgan fingerprint density at radius 2 is 2.36 bits per heavy atom. The third-order valence-corrected chi connectivity index (χ3v) is 3.27. The van der Waals surface area contributed by atoms with Crippen molar-refractivity contribution in [3.63, 3.8) is 0 Å². The van der Waals surface area contributed by atoms with Gasteiger partial charge in [-0.05, 0) is 6.42 Å². The molecule has 1 rings (SSSR count). The number of aromatic nitrogens is 2. The predicted octanol–water partition coefficient (Wildman–Crippen LogP) is 1.38. The first-order valence-electron chi connectivity index (χ1n) is 4.48. The molecule has 0 amide bonds. The van der Waals surface area contributed by atoms with Crippen LogP contribution in [-0.2, 0) is 7.05 Å². The number of aromatic hydroxyl groups is 1. The molecule has 0 saturated carbocycles. The van der Waals surface area contributed by atoms with Crippen LogP contribution in [0.3, 0.4) is 0 Å². The van der Waals surface area contributed by atoms with E-state index >= 15 is 0 Å². The van der Waals surface area contributed by atoms with Gasteiger partial charge in [0.25, 0.3) is 5.56 Å². The van der Waals surface area contributed by atoms with E-state index in [1.807, 2.05) is 0 Å². The van der Waals surface area contributed by atoms with Crippen molar-refractivity contribution >= 4 is 11.8 Å². The highest BCUT2D eigenvalue weighted by Gasteiger charge is 2.08. The molecule has 0 radical (unpaired) electrons. The molecule has 0 aromatic carbocycles. The van der Waals surface area contributed by atoms with Crippen molar-refractivity contribution < 1.29 is 5.11 Å². The Morgan fingerprint density at radius 3 is 2.93 bits per heavy atom. The molecular formula is C9H14N2O2S. The topological polar surface area (TPSA) is 55.1 Å². The van der Waals surface area contributed by atoms with Crippen molar-refractivity contribution in [2.45, 2.75) is 30.7 Å². The molecule has 0 unspecified atom stereocenters. The summed E-state index contributed by atoms with van der Waals surface area (Å²) in [5, 5.41) is 10.1. The van der Waals surface area contributed by atoms with Crippen molar-refractivity contribution in [2.75, 3.05) is 0 Å². The fourth-order valence-corrected chi connectivity index (χ4v) is 1.80. The zero-order chi connectivity index (χ0) is 10.7. The summed E-state index contributed by atoms with van der Waals surface area (Å²) in [5.41, 5.74) is -0.233. The minimum atomic E-state index is -0.233. The van der Waals surface area contributed by atoms with Crippen LogP contribution in [0.5, 0.6) is 5.88 Å². The van der Waals surface area contributed by atoms with Gasteiger partial charge in [0.2, 0.25) is 5.88 Å². The van der Waals surface area contributed by atoms with Gasteiger partial charge in [0.05, 0.1) is 6.07 Å². The van der Waals surface area contributed by atoms with E-state index in [0.29, 0.717) is 10.4 Å². The van der Waals surface area contributed by atoms with Crippen LogP contribution in [-0.4, -0.2) is 19.9 Å². The Bertz CT molecular complexity index is 376. The highest BCUT2D eigenvalue weighted by molar-refractivity contribution is 7.99. The highest BCUT2D eigenvalue weighted by Crippen LogP contribution is 2.22. The van der Waals surface area contributed by atoms with E-state index in [2.05, 4.69) is 18.8 Å². The monoisotopic (exact) mass is 214 g/mol. The Morgan fingerprint density at radius 1 is 1.71 bits per heavy atom. The minimum Gasteiger partial charge on any atom is -0.493 e. The Hall–Kier alpha value is -0.970. The van der Waals surface area contributed by atoms with Gasteiger partial charge in [-0.15, -0.1) is 0 Å². The quantitative estimate of drug-likeness (QED) is 0.610. The van der Waals surface area contributed by atoms with Crippen LogP contribution in [0.15, 0.2) is 16.0 Å². The fourth-order valence-electron chi connectivity index (χ4n) is 0.875. The van der Waals surface area contributed by atoms with Crippen LogP contribution < -0.4 is 5.56 Å². The largest absolute Gasteiger partial charge is 0.493 e. The van der Waals surface area contributed by atoms with Gasteiger partial charge in [0, 0.05) is 12.3 Å². The predicted molar refractivity (Wildman–Crippen MR) is 56.8 cm³/mol. The lowest BCUT2D eigenvalue weighted by Gasteiger charge is -2.10. The molecule has 4 nitrogen and oxygen atoms in total. The number of nitrogens with zero attached hydrogens (tertiary/aromatic N) is 2. The lowest BCUT2D eigenvalue weighted by molar-refractivity contribution is 0.437. The Kier molecular flexibility index (Phi) is 3.57. The second kappa shape index (κ2) is 4.50. The number of rotatable bonds is 3. The van der Waals surface area contributed by atoms with Gasteiger partial charge in [-0.2, -0.15) is 4.98 Å². The van der Waals surface area contributed by atoms with Gasteiger partial charge in [-0.1, -0.05) is 25.6 Å². The van der Waals surface area contributed by atoms with Crippen LogP contribution in [0, 0.1) is 0 Å². The van der Waals surface area contributed by atoms with Gasteiger partial charge < -0.3 is 5.11 Å². The van der Waals surface area contributed by atoms with E-state index in [-0.39, 0.29) is 11.4 Å². The zero-order valence-electron chi connectivity index (χ0n) is 8.52.